The van der Waals surface area contributed by atoms with E-state index in [-0.39, 0.29) is 0 Å². The molecule has 96 valence electrons. The third kappa shape index (κ3) is 1.30. The summed E-state index contributed by atoms with van der Waals surface area (Å²) in [7, 11) is 0. The highest BCUT2D eigenvalue weighted by Crippen LogP contribution is 2.40. The van der Waals surface area contributed by atoms with Crippen molar-refractivity contribution in [1.82, 2.24) is 0 Å². The fourth-order valence-electron chi connectivity index (χ4n) is 3.56. The molecule has 0 amide bonds. The van der Waals surface area contributed by atoms with Crippen molar-refractivity contribution in [1.29, 1.82) is 5.41 Å². The Labute approximate surface area is 121 Å². The van der Waals surface area contributed by atoms with Gasteiger partial charge in [0.05, 0.1) is 27.3 Å². The molecule has 1 nitrogen and oxygen atoms in total. The van der Waals surface area contributed by atoms with E-state index >= 15 is 0 Å². The number of benzene rings is 5. The molecule has 0 heterocycles. The lowest BCUT2D eigenvalue weighted by Crippen LogP contribution is -2.03. The lowest BCUT2D eigenvalue weighted by Gasteiger charge is -2.11. The maximum atomic E-state index is 8.17. The third-order valence-electron chi connectivity index (χ3n) is 4.51. The van der Waals surface area contributed by atoms with Gasteiger partial charge in [-0.1, -0.05) is 24.3 Å². The Bertz CT molecular complexity index is 1150. The van der Waals surface area contributed by atoms with Crippen LogP contribution in [0.2, 0.25) is 0 Å². The summed E-state index contributed by atoms with van der Waals surface area (Å²) in [6.07, 6.45) is 0. The van der Waals surface area contributed by atoms with Crippen LogP contribution in [0.5, 0.6) is 0 Å². The van der Waals surface area contributed by atoms with Gasteiger partial charge < -0.3 is 0 Å². The summed E-state index contributed by atoms with van der Waals surface area (Å²) >= 11 is 0. The Morgan fingerprint density at radius 3 is 2.48 bits per heavy atom. The molecule has 0 saturated heterocycles. The lowest BCUT2D eigenvalue weighted by atomic mass is 9.87. The van der Waals surface area contributed by atoms with Gasteiger partial charge in [-0.25, -0.2) is 0 Å². The van der Waals surface area contributed by atoms with Crippen molar-refractivity contribution < 1.29 is 0 Å². The van der Waals surface area contributed by atoms with E-state index in [1.165, 1.54) is 38.1 Å². The van der Waals surface area contributed by atoms with Crippen LogP contribution in [0, 0.1) is 5.41 Å². The van der Waals surface area contributed by atoms with Crippen molar-refractivity contribution in [2.24, 2.45) is 0 Å². The van der Waals surface area contributed by atoms with Crippen molar-refractivity contribution >= 4 is 32.3 Å². The molecule has 3 aromatic carbocycles. The average Bonchev–Trinajstić information content (AvgIpc) is 2.54. The lowest BCUT2D eigenvalue weighted by molar-refractivity contribution is 1.30. The molecule has 21 heavy (non-hydrogen) atoms. The van der Waals surface area contributed by atoms with Crippen molar-refractivity contribution in [3.8, 4) is 11.1 Å². The van der Waals surface area contributed by atoms with Crippen LogP contribution >= 0.6 is 0 Å². The fraction of sp³-hybridized carbons (Fsp3) is 0. The zero-order valence-electron chi connectivity index (χ0n) is 11.4. The highest BCUT2D eigenvalue weighted by atomic mass is 14.4. The van der Waals surface area contributed by atoms with E-state index in [9.17, 15) is 0 Å². The van der Waals surface area contributed by atoms with Gasteiger partial charge >= 0.3 is 0 Å². The first-order valence-electron chi connectivity index (χ1n) is 7.14. The Morgan fingerprint density at radius 1 is 0.714 bits per heavy atom. The van der Waals surface area contributed by atoms with Crippen LogP contribution in [0.25, 0.3) is 43.4 Å². The van der Waals surface area contributed by atoms with E-state index in [0.29, 0.717) is 5.36 Å². The van der Waals surface area contributed by atoms with E-state index in [0.717, 1.165) is 5.39 Å². The fourth-order valence-corrected chi connectivity index (χ4v) is 3.56. The van der Waals surface area contributed by atoms with Crippen molar-refractivity contribution in [3.05, 3.63) is 72.1 Å². The molecule has 2 aliphatic rings. The Hall–Kier alpha value is -2.80. The summed E-state index contributed by atoms with van der Waals surface area (Å²) in [5.41, 5.74) is 2.44. The molecule has 0 aliphatic heterocycles. The molecule has 0 saturated carbocycles. The molecule has 5 rings (SSSR count). The van der Waals surface area contributed by atoms with E-state index < -0.39 is 0 Å². The molecule has 0 spiro atoms. The number of hydrogen-bond donors (Lipinski definition) is 1. The zero-order valence-corrected chi connectivity index (χ0v) is 11.4. The molecule has 1 heteroatoms. The van der Waals surface area contributed by atoms with Crippen LogP contribution in [0.15, 0.2) is 66.7 Å². The first kappa shape index (κ1) is 10.9. The van der Waals surface area contributed by atoms with Gasteiger partial charge in [-0.2, -0.15) is 0 Å². The van der Waals surface area contributed by atoms with Crippen LogP contribution in [0.1, 0.15) is 0 Å². The molecule has 0 fully saturated rings. The van der Waals surface area contributed by atoms with Gasteiger partial charge in [-0.05, 0) is 29.0 Å². The summed E-state index contributed by atoms with van der Waals surface area (Å²) in [6.45, 7) is 0. The SMILES string of the molecule is N=c1cc[c+]2ccc3cc4ccccc4c4ccc1c-2c34. The smallest absolute Gasteiger partial charge is 0.129 e. The molecule has 0 unspecified atom stereocenters. The molecule has 0 bridgehead atoms. The molecule has 2 aliphatic carbocycles. The second-order valence-electron chi connectivity index (χ2n) is 5.63. The van der Waals surface area contributed by atoms with E-state index in [1.807, 2.05) is 6.07 Å². The predicted molar refractivity (Wildman–Crippen MR) is 88.2 cm³/mol. The first-order valence-corrected chi connectivity index (χ1v) is 7.14. The number of rotatable bonds is 0. The van der Waals surface area contributed by atoms with Crippen molar-refractivity contribution in [2.45, 2.75) is 0 Å². The highest BCUT2D eigenvalue weighted by molar-refractivity contribution is 6.23. The van der Waals surface area contributed by atoms with Gasteiger partial charge in [0.15, 0.2) is 0 Å². The monoisotopic (exact) mass is 266 g/mol. The summed E-state index contributed by atoms with van der Waals surface area (Å²) < 4.78 is 0. The van der Waals surface area contributed by atoms with Gasteiger partial charge in [-0.15, -0.1) is 0 Å². The minimum absolute atomic E-state index is 0.602. The van der Waals surface area contributed by atoms with Crippen LogP contribution in [-0.2, 0) is 0 Å². The quantitative estimate of drug-likeness (QED) is 0.234. The molecule has 0 atom stereocenters. The van der Waals surface area contributed by atoms with Crippen LogP contribution in [0.3, 0.4) is 0 Å². The van der Waals surface area contributed by atoms with E-state index in [2.05, 4.69) is 60.7 Å². The first-order chi connectivity index (χ1) is 10.3. The van der Waals surface area contributed by atoms with Gasteiger partial charge in [0.2, 0.25) is 0 Å². The van der Waals surface area contributed by atoms with Crippen LogP contribution < -0.4 is 5.36 Å². The predicted octanol–water partition coefficient (Wildman–Crippen LogP) is 4.89. The second kappa shape index (κ2) is 3.64. The molecule has 1 N–H and O–H groups in total. The zero-order chi connectivity index (χ0) is 14.0. The van der Waals surface area contributed by atoms with Crippen LogP contribution in [-0.4, -0.2) is 0 Å². The van der Waals surface area contributed by atoms with E-state index in [1.54, 1.807) is 0 Å². The molecule has 3 aromatic rings. The minimum Gasteiger partial charge on any atom is -0.285 e. The standard InChI is InChI=1S/C20H12N/c21-18-10-7-12-5-6-14-11-13-3-1-2-4-15(13)16-8-9-17(18)19(12)20(14)16/h1-11,21H/q+1. The summed E-state index contributed by atoms with van der Waals surface area (Å²) in [5.74, 6) is 0. The van der Waals surface area contributed by atoms with Crippen molar-refractivity contribution in [2.75, 3.05) is 0 Å². The summed E-state index contributed by atoms with van der Waals surface area (Å²) in [4.78, 5) is 0. The maximum Gasteiger partial charge on any atom is 0.129 e. The number of nitrogens with one attached hydrogen (secondary N) is 1. The highest BCUT2D eigenvalue weighted by Gasteiger charge is 2.21. The van der Waals surface area contributed by atoms with Gasteiger partial charge in [0.1, 0.15) is 5.36 Å². The molecule has 0 aromatic heterocycles. The van der Waals surface area contributed by atoms with Crippen molar-refractivity contribution in [3.63, 3.8) is 0 Å². The van der Waals surface area contributed by atoms with E-state index in [4.69, 9.17) is 5.41 Å². The Kier molecular flexibility index (Phi) is 1.90. The molecule has 0 radical (unpaired) electrons. The largest absolute Gasteiger partial charge is 0.285 e. The second-order valence-corrected chi connectivity index (χ2v) is 5.63. The molecular formula is C20H12N+. The molecular weight excluding hydrogens is 254 g/mol. The minimum atomic E-state index is 0.602. The normalized spacial score (nSPS) is 12.0. The van der Waals surface area contributed by atoms with Crippen LogP contribution in [0.4, 0.5) is 0 Å². The third-order valence-corrected chi connectivity index (χ3v) is 4.51. The Morgan fingerprint density at radius 2 is 1.52 bits per heavy atom. The Balaban J connectivity index is 2.21. The topological polar surface area (TPSA) is 23.9 Å². The number of hydrogen-bond acceptors (Lipinski definition) is 1. The number of fused-ring (bicyclic) bond motifs is 2. The van der Waals surface area contributed by atoms with Gasteiger partial charge in [0, 0.05) is 29.7 Å². The van der Waals surface area contributed by atoms with Gasteiger partial charge in [0.25, 0.3) is 0 Å². The summed E-state index contributed by atoms with van der Waals surface area (Å²) in [6, 6.07) is 23.4. The van der Waals surface area contributed by atoms with Gasteiger partial charge in [-0.3, -0.25) is 5.41 Å². The maximum absolute atomic E-state index is 8.17. The average molecular weight is 266 g/mol. The summed E-state index contributed by atoms with van der Waals surface area (Å²) in [5, 5.41) is 16.2.